The van der Waals surface area contributed by atoms with Gasteiger partial charge in [0.25, 0.3) is 11.8 Å². The minimum Gasteiger partial charge on any atom is -0.415 e. The smallest absolute Gasteiger partial charge is 0.266 e. The van der Waals surface area contributed by atoms with Gasteiger partial charge in [-0.15, -0.1) is 20.4 Å². The first-order chi connectivity index (χ1) is 24.0. The van der Waals surface area contributed by atoms with Gasteiger partial charge in [0.1, 0.15) is 11.4 Å². The van der Waals surface area contributed by atoms with E-state index in [1.165, 1.54) is 11.1 Å². The number of benzene rings is 1. The zero-order valence-electron chi connectivity index (χ0n) is 26.6. The van der Waals surface area contributed by atoms with E-state index in [-0.39, 0.29) is 17.3 Å². The normalized spacial score (nSPS) is 17.4. The van der Waals surface area contributed by atoms with Crippen LogP contribution in [0.4, 0.5) is 0 Å². The van der Waals surface area contributed by atoms with Crippen molar-refractivity contribution in [3.8, 4) is 57.4 Å². The maximum Gasteiger partial charge on any atom is 0.266 e. The van der Waals surface area contributed by atoms with Gasteiger partial charge in [-0.2, -0.15) is 0 Å². The van der Waals surface area contributed by atoms with Crippen molar-refractivity contribution in [1.29, 1.82) is 0 Å². The lowest BCUT2D eigenvalue weighted by Gasteiger charge is -2.30. The fourth-order valence-electron chi connectivity index (χ4n) is 6.80. The van der Waals surface area contributed by atoms with Gasteiger partial charge in [-0.1, -0.05) is 62.4 Å². The van der Waals surface area contributed by atoms with Crippen LogP contribution in [-0.4, -0.2) is 40.3 Å². The highest BCUT2D eigenvalue weighted by atomic mass is 16.4. The highest BCUT2D eigenvalue weighted by Gasteiger charge is 2.45. The first-order valence-corrected chi connectivity index (χ1v) is 16.0. The molecule has 9 rings (SSSR count). The molecule has 10 heteroatoms. The van der Waals surface area contributed by atoms with Gasteiger partial charge in [0.05, 0.1) is 22.8 Å². The van der Waals surface area contributed by atoms with E-state index in [9.17, 15) is 0 Å². The molecule has 0 aliphatic heterocycles. The van der Waals surface area contributed by atoms with E-state index < -0.39 is 0 Å². The predicted octanol–water partition coefficient (Wildman–Crippen LogP) is 8.01. The summed E-state index contributed by atoms with van der Waals surface area (Å²) in [4.78, 5) is 18.3. The SMILES string of the molecule is CC1(C)c2cc(-c3nnc(-c4cccc(-c5ccccn5)n4)o3)ccc2C2C=CC(c3nnc(-c4cccc(-c5ccccn5)n4)o3)=CC21. The second kappa shape index (κ2) is 11.4. The Bertz CT molecular complexity index is 2400. The molecule has 7 aromatic rings. The molecular weight excluding hydrogens is 612 g/mol. The third kappa shape index (κ3) is 5.05. The summed E-state index contributed by atoms with van der Waals surface area (Å²) in [5.74, 6) is 2.00. The molecule has 2 aliphatic rings. The molecule has 2 atom stereocenters. The lowest BCUT2D eigenvalue weighted by Crippen LogP contribution is -2.25. The largest absolute Gasteiger partial charge is 0.415 e. The predicted molar refractivity (Wildman–Crippen MR) is 183 cm³/mol. The first-order valence-electron chi connectivity index (χ1n) is 16.0. The molecule has 0 N–H and O–H groups in total. The molecule has 0 bridgehead atoms. The maximum atomic E-state index is 6.18. The minimum absolute atomic E-state index is 0.176. The van der Waals surface area contributed by atoms with Gasteiger partial charge in [0.15, 0.2) is 0 Å². The first kappa shape index (κ1) is 28.8. The van der Waals surface area contributed by atoms with Crippen LogP contribution in [0.5, 0.6) is 0 Å². The van der Waals surface area contributed by atoms with E-state index in [1.807, 2.05) is 72.8 Å². The van der Waals surface area contributed by atoms with Crippen LogP contribution in [0.2, 0.25) is 0 Å². The quantitative estimate of drug-likeness (QED) is 0.176. The highest BCUT2D eigenvalue weighted by molar-refractivity contribution is 5.74. The van der Waals surface area contributed by atoms with E-state index in [4.69, 9.17) is 18.8 Å². The van der Waals surface area contributed by atoms with Crippen molar-refractivity contribution in [2.45, 2.75) is 25.2 Å². The molecule has 0 fully saturated rings. The fraction of sp³-hybridized carbons (Fsp3) is 0.128. The summed E-state index contributed by atoms with van der Waals surface area (Å²) in [6, 6.07) is 29.3. The zero-order valence-corrected chi connectivity index (χ0v) is 26.6. The van der Waals surface area contributed by atoms with Crippen LogP contribution in [0.3, 0.4) is 0 Å². The Morgan fingerprint density at radius 2 is 1.14 bits per heavy atom. The average Bonchev–Trinajstić information content (AvgIpc) is 3.91. The van der Waals surface area contributed by atoms with Crippen LogP contribution in [0.1, 0.15) is 36.8 Å². The number of pyridine rings is 4. The van der Waals surface area contributed by atoms with Crippen molar-refractivity contribution >= 4 is 5.57 Å². The van der Waals surface area contributed by atoms with Gasteiger partial charge in [-0.05, 0) is 83.1 Å². The molecule has 0 radical (unpaired) electrons. The maximum absolute atomic E-state index is 6.18. The number of rotatable bonds is 6. The lowest BCUT2D eigenvalue weighted by molar-refractivity contribution is 0.394. The van der Waals surface area contributed by atoms with E-state index in [0.717, 1.165) is 33.9 Å². The van der Waals surface area contributed by atoms with Gasteiger partial charge in [-0.3, -0.25) is 9.97 Å². The Balaban J connectivity index is 0.980. The Kier molecular flexibility index (Phi) is 6.68. The van der Waals surface area contributed by atoms with Crippen LogP contribution in [0, 0.1) is 5.92 Å². The molecule has 0 spiro atoms. The molecule has 6 heterocycles. The summed E-state index contributed by atoms with van der Waals surface area (Å²) in [6.07, 6.45) is 10.1. The number of allylic oxidation sites excluding steroid dienone is 4. The third-order valence-electron chi connectivity index (χ3n) is 9.30. The standard InChI is InChI=1S/C39H28N8O2/c1-39(2)27-21-23(35-44-46-37(48-35)33-13-7-11-31(42-33)29-9-3-5-19-40-29)15-17-25(27)26-18-16-24(22-28(26)39)36-45-47-38(49-36)34-14-8-12-32(43-34)30-10-4-6-20-41-30/h3-22,25,27H,1-2H3. The molecule has 0 saturated carbocycles. The average molecular weight is 641 g/mol. The molecule has 1 aromatic carbocycles. The van der Waals surface area contributed by atoms with Crippen LogP contribution in [0.25, 0.3) is 63.0 Å². The Hall–Kier alpha value is -6.42. The lowest BCUT2D eigenvalue weighted by atomic mass is 9.73. The van der Waals surface area contributed by atoms with Crippen LogP contribution in [0.15, 0.2) is 130 Å². The van der Waals surface area contributed by atoms with Gasteiger partial charge in [0, 0.05) is 29.4 Å². The Morgan fingerprint density at radius 3 is 1.78 bits per heavy atom. The number of hydrogen-bond acceptors (Lipinski definition) is 10. The summed E-state index contributed by atoms with van der Waals surface area (Å²) >= 11 is 0. The van der Waals surface area contributed by atoms with Gasteiger partial charge in [-0.25, -0.2) is 9.97 Å². The molecule has 0 amide bonds. The molecule has 10 nitrogen and oxygen atoms in total. The fourth-order valence-corrected chi connectivity index (χ4v) is 6.80. The van der Waals surface area contributed by atoms with Crippen LogP contribution >= 0.6 is 0 Å². The number of nitrogens with zero attached hydrogens (tertiary/aromatic N) is 8. The van der Waals surface area contributed by atoms with Crippen LogP contribution < -0.4 is 0 Å². The van der Waals surface area contributed by atoms with Crippen LogP contribution in [-0.2, 0) is 5.41 Å². The number of fused-ring (bicyclic) bond motifs is 3. The summed E-state index contributed by atoms with van der Waals surface area (Å²) < 4.78 is 12.4. The van der Waals surface area contributed by atoms with Crippen molar-refractivity contribution in [3.05, 3.63) is 139 Å². The van der Waals surface area contributed by atoms with E-state index in [1.54, 1.807) is 12.4 Å². The zero-order chi connectivity index (χ0) is 33.0. The van der Waals surface area contributed by atoms with E-state index in [0.29, 0.717) is 35.0 Å². The highest BCUT2D eigenvalue weighted by Crippen LogP contribution is 2.54. The topological polar surface area (TPSA) is 129 Å². The van der Waals surface area contributed by atoms with Crippen molar-refractivity contribution in [3.63, 3.8) is 0 Å². The van der Waals surface area contributed by atoms with Gasteiger partial charge < -0.3 is 8.83 Å². The third-order valence-corrected chi connectivity index (χ3v) is 9.30. The van der Waals surface area contributed by atoms with Crippen molar-refractivity contribution < 1.29 is 8.83 Å². The summed E-state index contributed by atoms with van der Waals surface area (Å²) in [5, 5.41) is 17.5. The van der Waals surface area contributed by atoms with E-state index >= 15 is 0 Å². The van der Waals surface area contributed by atoms with E-state index in [2.05, 4.69) is 80.6 Å². The Morgan fingerprint density at radius 1 is 0.571 bits per heavy atom. The molecule has 6 aromatic heterocycles. The molecular formula is C39H28N8O2. The molecule has 2 unspecified atom stereocenters. The minimum atomic E-state index is -0.200. The second-order valence-electron chi connectivity index (χ2n) is 12.6. The van der Waals surface area contributed by atoms with Crippen molar-refractivity contribution in [1.82, 2.24) is 40.3 Å². The molecule has 0 saturated heterocycles. The second-order valence-corrected chi connectivity index (χ2v) is 12.6. The summed E-state index contributed by atoms with van der Waals surface area (Å²) in [7, 11) is 0. The van der Waals surface area contributed by atoms with Crippen molar-refractivity contribution in [2.24, 2.45) is 5.92 Å². The molecule has 2 aliphatic carbocycles. The summed E-state index contributed by atoms with van der Waals surface area (Å²) in [6.45, 7) is 4.54. The van der Waals surface area contributed by atoms with Gasteiger partial charge in [0.2, 0.25) is 11.8 Å². The molecule has 49 heavy (non-hydrogen) atoms. The number of hydrogen-bond donors (Lipinski definition) is 0. The number of aromatic nitrogens is 8. The summed E-state index contributed by atoms with van der Waals surface area (Å²) in [5.41, 5.74) is 8.30. The molecule has 236 valence electrons. The Labute approximate surface area is 281 Å². The monoisotopic (exact) mass is 640 g/mol. The van der Waals surface area contributed by atoms with Gasteiger partial charge >= 0.3 is 0 Å². The van der Waals surface area contributed by atoms with Crippen molar-refractivity contribution in [2.75, 3.05) is 0 Å².